The Kier molecular flexibility index (Phi) is 3.73. The van der Waals surface area contributed by atoms with Gasteiger partial charge in [-0.05, 0) is 19.8 Å². The highest BCUT2D eigenvalue weighted by molar-refractivity contribution is 6.39. The van der Waals surface area contributed by atoms with E-state index < -0.39 is 0 Å². The first-order chi connectivity index (χ1) is 8.16. The van der Waals surface area contributed by atoms with E-state index in [1.165, 1.54) is 0 Å². The van der Waals surface area contributed by atoms with E-state index in [4.69, 9.17) is 4.74 Å². The van der Waals surface area contributed by atoms with Crippen molar-refractivity contribution in [1.29, 1.82) is 0 Å². The Morgan fingerprint density at radius 3 is 3.00 bits per heavy atom. The summed E-state index contributed by atoms with van der Waals surface area (Å²) in [7, 11) is 0. The summed E-state index contributed by atoms with van der Waals surface area (Å²) in [6, 6.07) is -0.0228. The van der Waals surface area contributed by atoms with Gasteiger partial charge in [-0.3, -0.25) is 9.59 Å². The van der Waals surface area contributed by atoms with E-state index in [0.29, 0.717) is 18.6 Å². The van der Waals surface area contributed by atoms with Crippen molar-refractivity contribution in [2.24, 2.45) is 5.10 Å². The number of carbonyl (C=O) groups excluding carboxylic acids is 2. The number of carbonyl (C=O) groups is 2. The van der Waals surface area contributed by atoms with Crippen LogP contribution in [0.4, 0.5) is 0 Å². The van der Waals surface area contributed by atoms with Crippen molar-refractivity contribution in [2.45, 2.75) is 44.8 Å². The largest absolute Gasteiger partial charge is 0.376 e. The van der Waals surface area contributed by atoms with Crippen molar-refractivity contribution >= 4 is 17.5 Å². The molecule has 0 spiro atoms. The lowest BCUT2D eigenvalue weighted by atomic mass is 10.1. The number of nitrogens with one attached hydrogen (secondary N) is 2. The summed E-state index contributed by atoms with van der Waals surface area (Å²) in [6.45, 7) is 2.69. The van der Waals surface area contributed by atoms with Gasteiger partial charge in [0.2, 0.25) is 5.91 Å². The van der Waals surface area contributed by atoms with E-state index in [1.807, 2.05) is 6.92 Å². The molecule has 2 rings (SSSR count). The van der Waals surface area contributed by atoms with Crippen LogP contribution in [0, 0.1) is 0 Å². The monoisotopic (exact) mass is 239 g/mol. The van der Waals surface area contributed by atoms with Crippen LogP contribution in [0.2, 0.25) is 0 Å². The standard InChI is InChI=1S/C11H17N3O3/c1-7(9-3-2-6-17-9)12-11(16)8-4-5-10(15)14-13-8/h7,9H,2-6H2,1H3,(H,12,16)(H,14,15)/t7-,9+/m0/s1. The molecule has 17 heavy (non-hydrogen) atoms. The molecule has 1 fully saturated rings. The van der Waals surface area contributed by atoms with Crippen molar-refractivity contribution in [3.05, 3.63) is 0 Å². The fraction of sp³-hybridized carbons (Fsp3) is 0.727. The minimum Gasteiger partial charge on any atom is -0.376 e. The lowest BCUT2D eigenvalue weighted by Crippen LogP contribution is -2.45. The van der Waals surface area contributed by atoms with Crippen molar-refractivity contribution < 1.29 is 14.3 Å². The molecule has 2 aliphatic heterocycles. The van der Waals surface area contributed by atoms with E-state index in [2.05, 4.69) is 15.8 Å². The highest BCUT2D eigenvalue weighted by Crippen LogP contribution is 2.15. The van der Waals surface area contributed by atoms with Crippen molar-refractivity contribution in [1.82, 2.24) is 10.7 Å². The summed E-state index contributed by atoms with van der Waals surface area (Å²) in [5.41, 5.74) is 2.70. The van der Waals surface area contributed by atoms with Crippen LogP contribution in [0.25, 0.3) is 0 Å². The number of hydrazone groups is 1. The number of nitrogens with zero attached hydrogens (tertiary/aromatic N) is 1. The smallest absolute Gasteiger partial charge is 0.267 e. The fourth-order valence-corrected chi connectivity index (χ4v) is 2.02. The molecule has 2 amide bonds. The zero-order valence-electron chi connectivity index (χ0n) is 9.86. The summed E-state index contributed by atoms with van der Waals surface area (Å²) >= 11 is 0. The molecule has 0 bridgehead atoms. The van der Waals surface area contributed by atoms with Crippen LogP contribution in [0.5, 0.6) is 0 Å². The average Bonchev–Trinajstić information content (AvgIpc) is 2.83. The normalized spacial score (nSPS) is 26.1. The van der Waals surface area contributed by atoms with Gasteiger partial charge in [0.15, 0.2) is 0 Å². The summed E-state index contributed by atoms with van der Waals surface area (Å²) < 4.78 is 5.50. The van der Waals surface area contributed by atoms with Gasteiger partial charge in [-0.1, -0.05) is 0 Å². The predicted molar refractivity (Wildman–Crippen MR) is 61.4 cm³/mol. The Hall–Kier alpha value is -1.43. The van der Waals surface area contributed by atoms with Gasteiger partial charge in [-0.2, -0.15) is 5.10 Å². The Balaban J connectivity index is 1.86. The first-order valence-electron chi connectivity index (χ1n) is 5.94. The molecule has 2 heterocycles. The van der Waals surface area contributed by atoms with E-state index in [1.54, 1.807) is 0 Å². The Morgan fingerprint density at radius 2 is 2.41 bits per heavy atom. The second-order valence-corrected chi connectivity index (χ2v) is 4.41. The zero-order valence-corrected chi connectivity index (χ0v) is 9.86. The molecule has 6 heteroatoms. The van der Waals surface area contributed by atoms with Crippen LogP contribution in [0.1, 0.15) is 32.6 Å². The number of hydrogen-bond acceptors (Lipinski definition) is 4. The minimum atomic E-state index is -0.215. The van der Waals surface area contributed by atoms with Crippen molar-refractivity contribution in [3.63, 3.8) is 0 Å². The van der Waals surface area contributed by atoms with E-state index in [0.717, 1.165) is 19.4 Å². The van der Waals surface area contributed by atoms with Crippen LogP contribution in [0.3, 0.4) is 0 Å². The van der Waals surface area contributed by atoms with Gasteiger partial charge in [0, 0.05) is 19.4 Å². The number of rotatable bonds is 3. The van der Waals surface area contributed by atoms with Crippen LogP contribution in [-0.4, -0.2) is 36.3 Å². The van der Waals surface area contributed by atoms with Gasteiger partial charge in [-0.15, -0.1) is 0 Å². The van der Waals surface area contributed by atoms with Crippen LogP contribution < -0.4 is 10.7 Å². The SMILES string of the molecule is C[C@H](NC(=O)C1=NNC(=O)CC1)[C@H]1CCCO1. The number of ether oxygens (including phenoxy) is 1. The molecule has 0 unspecified atom stereocenters. The quantitative estimate of drug-likeness (QED) is 0.724. The minimum absolute atomic E-state index is 0.0228. The number of amides is 2. The Labute approximate surface area is 99.8 Å². The highest BCUT2D eigenvalue weighted by atomic mass is 16.5. The summed E-state index contributed by atoms with van der Waals surface area (Å²) in [6.07, 6.45) is 2.83. The second kappa shape index (κ2) is 5.27. The predicted octanol–water partition coefficient (Wildman–Crippen LogP) is -0.0639. The van der Waals surface area contributed by atoms with Crippen LogP contribution in [0.15, 0.2) is 5.10 Å². The van der Waals surface area contributed by atoms with Gasteiger partial charge in [0.05, 0.1) is 12.1 Å². The van der Waals surface area contributed by atoms with Crippen molar-refractivity contribution in [3.8, 4) is 0 Å². The van der Waals surface area contributed by atoms with Gasteiger partial charge in [0.1, 0.15) is 5.71 Å². The van der Waals surface area contributed by atoms with E-state index in [9.17, 15) is 9.59 Å². The third kappa shape index (κ3) is 3.03. The molecule has 2 aliphatic rings. The first-order valence-corrected chi connectivity index (χ1v) is 5.94. The average molecular weight is 239 g/mol. The van der Waals surface area contributed by atoms with Gasteiger partial charge < -0.3 is 10.1 Å². The molecule has 0 aromatic heterocycles. The maximum Gasteiger partial charge on any atom is 0.267 e. The molecule has 6 nitrogen and oxygen atoms in total. The first kappa shape index (κ1) is 12.0. The van der Waals surface area contributed by atoms with Crippen LogP contribution in [-0.2, 0) is 14.3 Å². The third-order valence-corrected chi connectivity index (χ3v) is 3.05. The molecule has 0 aliphatic carbocycles. The van der Waals surface area contributed by atoms with E-state index in [-0.39, 0.29) is 24.0 Å². The van der Waals surface area contributed by atoms with Gasteiger partial charge in [-0.25, -0.2) is 5.43 Å². The second-order valence-electron chi connectivity index (χ2n) is 4.41. The van der Waals surface area contributed by atoms with Crippen molar-refractivity contribution in [2.75, 3.05) is 6.61 Å². The molecule has 0 aromatic carbocycles. The van der Waals surface area contributed by atoms with E-state index >= 15 is 0 Å². The van der Waals surface area contributed by atoms with Gasteiger partial charge in [0.25, 0.3) is 5.91 Å². The topological polar surface area (TPSA) is 79.8 Å². The molecule has 94 valence electrons. The molecule has 0 saturated carbocycles. The van der Waals surface area contributed by atoms with Gasteiger partial charge >= 0.3 is 0 Å². The fourth-order valence-electron chi connectivity index (χ4n) is 2.02. The van der Waals surface area contributed by atoms with Crippen LogP contribution >= 0.6 is 0 Å². The maximum atomic E-state index is 11.8. The molecule has 0 radical (unpaired) electrons. The lowest BCUT2D eigenvalue weighted by molar-refractivity contribution is -0.121. The molecule has 2 N–H and O–H groups in total. The highest BCUT2D eigenvalue weighted by Gasteiger charge is 2.26. The maximum absolute atomic E-state index is 11.8. The molecular weight excluding hydrogens is 222 g/mol. The third-order valence-electron chi connectivity index (χ3n) is 3.05. The lowest BCUT2D eigenvalue weighted by Gasteiger charge is -2.21. The summed E-state index contributed by atoms with van der Waals surface area (Å²) in [5.74, 6) is -0.360. The summed E-state index contributed by atoms with van der Waals surface area (Å²) in [5, 5.41) is 6.61. The Bertz CT molecular complexity index is 348. The molecule has 0 aromatic rings. The molecule has 1 saturated heterocycles. The molecular formula is C11H17N3O3. The summed E-state index contributed by atoms with van der Waals surface area (Å²) in [4.78, 5) is 22.7. The Morgan fingerprint density at radius 1 is 1.59 bits per heavy atom. The molecule has 2 atom stereocenters. The zero-order chi connectivity index (χ0) is 12.3. The number of hydrogen-bond donors (Lipinski definition) is 2.